The van der Waals surface area contributed by atoms with Crippen LogP contribution in [0.25, 0.3) is 0 Å². The number of benzene rings is 1. The van der Waals surface area contributed by atoms with Gasteiger partial charge >= 0.3 is 0 Å². The number of carbonyl (C=O) groups is 1. The van der Waals surface area contributed by atoms with E-state index < -0.39 is 0 Å². The van der Waals surface area contributed by atoms with Crippen LogP contribution in [0.3, 0.4) is 0 Å². The fourth-order valence-electron chi connectivity index (χ4n) is 3.00. The smallest absolute Gasteiger partial charge is 0.254 e. The molecule has 1 amide bonds. The maximum absolute atomic E-state index is 12.7. The van der Waals surface area contributed by atoms with Crippen LogP contribution < -0.4 is 0 Å². The Hall–Kier alpha value is -2.71. The molecular formula is C19H20N4O. The van der Waals surface area contributed by atoms with Gasteiger partial charge in [-0.3, -0.25) is 14.7 Å². The average molecular weight is 320 g/mol. The Morgan fingerprint density at radius 1 is 1.25 bits per heavy atom. The fourth-order valence-corrected chi connectivity index (χ4v) is 3.00. The van der Waals surface area contributed by atoms with Gasteiger partial charge in [-0.05, 0) is 42.3 Å². The molecule has 3 rings (SSSR count). The number of hydrogen-bond donors (Lipinski definition) is 0. The van der Waals surface area contributed by atoms with E-state index in [2.05, 4.69) is 22.0 Å². The van der Waals surface area contributed by atoms with Crippen molar-refractivity contribution < 1.29 is 4.79 Å². The van der Waals surface area contributed by atoms with E-state index in [1.807, 2.05) is 24.1 Å². The lowest BCUT2D eigenvalue weighted by molar-refractivity contribution is 0.0627. The van der Waals surface area contributed by atoms with Gasteiger partial charge in [-0.1, -0.05) is 6.07 Å². The Morgan fingerprint density at radius 2 is 2.04 bits per heavy atom. The van der Waals surface area contributed by atoms with Crippen molar-refractivity contribution in [2.45, 2.75) is 13.5 Å². The zero-order valence-corrected chi connectivity index (χ0v) is 13.8. The lowest BCUT2D eigenvalue weighted by Crippen LogP contribution is -2.48. The second-order valence-electron chi connectivity index (χ2n) is 6.07. The van der Waals surface area contributed by atoms with Crippen molar-refractivity contribution in [2.24, 2.45) is 0 Å². The molecular weight excluding hydrogens is 300 g/mol. The first kappa shape index (κ1) is 16.2. The Morgan fingerprint density at radius 3 is 2.67 bits per heavy atom. The van der Waals surface area contributed by atoms with Crippen LogP contribution in [0.5, 0.6) is 0 Å². The number of pyridine rings is 1. The molecule has 1 saturated heterocycles. The summed E-state index contributed by atoms with van der Waals surface area (Å²) in [6.45, 7) is 5.90. The van der Waals surface area contributed by atoms with E-state index in [0.717, 1.165) is 38.3 Å². The first-order valence-electron chi connectivity index (χ1n) is 8.08. The first-order chi connectivity index (χ1) is 11.7. The highest BCUT2D eigenvalue weighted by Gasteiger charge is 2.23. The fraction of sp³-hybridized carbons (Fsp3) is 0.316. The summed E-state index contributed by atoms with van der Waals surface area (Å²) >= 11 is 0. The molecule has 5 nitrogen and oxygen atoms in total. The van der Waals surface area contributed by atoms with E-state index in [4.69, 9.17) is 5.26 Å². The number of rotatable bonds is 3. The molecule has 0 saturated carbocycles. The standard InChI is InChI=1S/C19H20N4O/c1-15-11-16(12-20)4-5-18(15)19(24)23-9-7-22(8-10-23)14-17-3-2-6-21-13-17/h2-6,11,13H,7-10,14H2,1H3. The van der Waals surface area contributed by atoms with E-state index >= 15 is 0 Å². The summed E-state index contributed by atoms with van der Waals surface area (Å²) in [6, 6.07) is 11.4. The third kappa shape index (κ3) is 3.61. The lowest BCUT2D eigenvalue weighted by Gasteiger charge is -2.35. The van der Waals surface area contributed by atoms with Gasteiger partial charge in [-0.15, -0.1) is 0 Å². The summed E-state index contributed by atoms with van der Waals surface area (Å²) < 4.78 is 0. The van der Waals surface area contributed by atoms with Gasteiger partial charge in [0.25, 0.3) is 5.91 Å². The molecule has 1 aromatic carbocycles. The van der Waals surface area contributed by atoms with E-state index in [1.165, 1.54) is 5.56 Å². The molecule has 1 aliphatic rings. The Balaban J connectivity index is 1.60. The van der Waals surface area contributed by atoms with E-state index in [9.17, 15) is 4.79 Å². The molecule has 122 valence electrons. The summed E-state index contributed by atoms with van der Waals surface area (Å²) in [4.78, 5) is 21.1. The van der Waals surface area contributed by atoms with Gasteiger partial charge in [0.05, 0.1) is 11.6 Å². The zero-order valence-electron chi connectivity index (χ0n) is 13.8. The van der Waals surface area contributed by atoms with E-state index in [0.29, 0.717) is 11.1 Å². The summed E-state index contributed by atoms with van der Waals surface area (Å²) in [5, 5.41) is 8.94. The molecule has 0 N–H and O–H groups in total. The minimum Gasteiger partial charge on any atom is -0.336 e. The predicted molar refractivity (Wildman–Crippen MR) is 91.3 cm³/mol. The third-order valence-corrected chi connectivity index (χ3v) is 4.37. The van der Waals surface area contributed by atoms with Crippen molar-refractivity contribution >= 4 is 5.91 Å². The molecule has 0 aliphatic carbocycles. The van der Waals surface area contributed by atoms with Gasteiger partial charge in [0.15, 0.2) is 0 Å². The molecule has 0 bridgehead atoms. The molecule has 2 heterocycles. The normalized spacial score (nSPS) is 15.1. The van der Waals surface area contributed by atoms with E-state index in [1.54, 1.807) is 24.4 Å². The number of piperazine rings is 1. The van der Waals surface area contributed by atoms with Gasteiger partial charge in [-0.25, -0.2) is 0 Å². The highest BCUT2D eigenvalue weighted by molar-refractivity contribution is 5.95. The van der Waals surface area contributed by atoms with E-state index in [-0.39, 0.29) is 5.91 Å². The SMILES string of the molecule is Cc1cc(C#N)ccc1C(=O)N1CCN(Cc2cccnc2)CC1. The molecule has 0 radical (unpaired) electrons. The van der Waals surface area contributed by atoms with Crippen molar-refractivity contribution in [1.82, 2.24) is 14.8 Å². The minimum atomic E-state index is 0.0537. The number of carbonyl (C=O) groups excluding carboxylic acids is 1. The largest absolute Gasteiger partial charge is 0.336 e. The van der Waals surface area contributed by atoms with Crippen LogP contribution in [0.1, 0.15) is 27.0 Å². The summed E-state index contributed by atoms with van der Waals surface area (Å²) in [7, 11) is 0. The van der Waals surface area contributed by atoms with Crippen LogP contribution in [0.4, 0.5) is 0 Å². The second kappa shape index (κ2) is 7.24. The van der Waals surface area contributed by atoms with Crippen LogP contribution in [0.2, 0.25) is 0 Å². The summed E-state index contributed by atoms with van der Waals surface area (Å²) in [5.74, 6) is 0.0537. The second-order valence-corrected chi connectivity index (χ2v) is 6.07. The number of hydrogen-bond acceptors (Lipinski definition) is 4. The van der Waals surface area contributed by atoms with Crippen molar-refractivity contribution in [3.05, 3.63) is 65.0 Å². The predicted octanol–water partition coefficient (Wildman–Crippen LogP) is 2.22. The average Bonchev–Trinajstić information content (AvgIpc) is 2.62. The van der Waals surface area contributed by atoms with Gasteiger partial charge in [0, 0.05) is 50.7 Å². The molecule has 1 aromatic heterocycles. The van der Waals surface area contributed by atoms with Gasteiger partial charge in [-0.2, -0.15) is 5.26 Å². The van der Waals surface area contributed by atoms with Crippen LogP contribution in [0, 0.1) is 18.3 Å². The summed E-state index contributed by atoms with van der Waals surface area (Å²) in [5.41, 5.74) is 3.33. The van der Waals surface area contributed by atoms with Crippen molar-refractivity contribution in [3.63, 3.8) is 0 Å². The maximum Gasteiger partial charge on any atom is 0.254 e. The van der Waals surface area contributed by atoms with Gasteiger partial charge < -0.3 is 4.90 Å². The Labute approximate surface area is 142 Å². The lowest BCUT2D eigenvalue weighted by atomic mass is 10.0. The number of aromatic nitrogens is 1. The van der Waals surface area contributed by atoms with Crippen molar-refractivity contribution in [3.8, 4) is 6.07 Å². The quantitative estimate of drug-likeness (QED) is 0.870. The van der Waals surface area contributed by atoms with Crippen LogP contribution >= 0.6 is 0 Å². The van der Waals surface area contributed by atoms with Crippen LogP contribution in [0.15, 0.2) is 42.7 Å². The molecule has 1 fully saturated rings. The maximum atomic E-state index is 12.7. The minimum absolute atomic E-state index is 0.0537. The first-order valence-corrected chi connectivity index (χ1v) is 8.08. The number of amides is 1. The topological polar surface area (TPSA) is 60.2 Å². The van der Waals surface area contributed by atoms with Crippen molar-refractivity contribution in [2.75, 3.05) is 26.2 Å². The number of nitrogens with zero attached hydrogens (tertiary/aromatic N) is 4. The zero-order chi connectivity index (χ0) is 16.9. The van der Waals surface area contributed by atoms with Crippen molar-refractivity contribution in [1.29, 1.82) is 5.26 Å². The molecule has 0 unspecified atom stereocenters. The third-order valence-electron chi connectivity index (χ3n) is 4.37. The highest BCUT2D eigenvalue weighted by atomic mass is 16.2. The van der Waals surface area contributed by atoms with Gasteiger partial charge in [0.2, 0.25) is 0 Å². The summed E-state index contributed by atoms with van der Waals surface area (Å²) in [6.07, 6.45) is 3.66. The van der Waals surface area contributed by atoms with Crippen LogP contribution in [-0.4, -0.2) is 46.9 Å². The van der Waals surface area contributed by atoms with Gasteiger partial charge in [0.1, 0.15) is 0 Å². The molecule has 5 heteroatoms. The number of aryl methyl sites for hydroxylation is 1. The molecule has 1 aliphatic heterocycles. The molecule has 0 spiro atoms. The highest BCUT2D eigenvalue weighted by Crippen LogP contribution is 2.15. The number of nitriles is 1. The van der Waals surface area contributed by atoms with Crippen LogP contribution in [-0.2, 0) is 6.54 Å². The Bertz CT molecular complexity index is 759. The Kier molecular flexibility index (Phi) is 4.88. The molecule has 2 aromatic rings. The monoisotopic (exact) mass is 320 g/mol. The molecule has 24 heavy (non-hydrogen) atoms. The molecule has 0 atom stereocenters.